The van der Waals surface area contributed by atoms with Gasteiger partial charge in [-0.25, -0.2) is 0 Å². The number of halogens is 1. The zero-order valence-electron chi connectivity index (χ0n) is 11.5. The van der Waals surface area contributed by atoms with Crippen LogP contribution in [-0.4, -0.2) is 21.3 Å². The van der Waals surface area contributed by atoms with Crippen LogP contribution in [0.1, 0.15) is 37.6 Å². The Morgan fingerprint density at radius 2 is 2.30 bits per heavy atom. The predicted octanol–water partition coefficient (Wildman–Crippen LogP) is 2.74. The Morgan fingerprint density at radius 3 is 3.10 bits per heavy atom. The molecule has 1 N–H and O–H groups in total. The lowest BCUT2D eigenvalue weighted by atomic mass is 10.2. The highest BCUT2D eigenvalue weighted by Gasteiger charge is 2.24. The summed E-state index contributed by atoms with van der Waals surface area (Å²) in [5.74, 6) is 2.56. The van der Waals surface area contributed by atoms with Crippen molar-refractivity contribution < 1.29 is 4.74 Å². The topological polar surface area (TPSA) is 52.0 Å². The lowest BCUT2D eigenvalue weighted by Gasteiger charge is -2.23. The molecule has 1 aliphatic heterocycles. The molecule has 5 nitrogen and oxygen atoms in total. The zero-order valence-corrected chi connectivity index (χ0v) is 12.3. The lowest BCUT2D eigenvalue weighted by molar-refractivity contribution is 0.208. The van der Waals surface area contributed by atoms with E-state index >= 15 is 0 Å². The van der Waals surface area contributed by atoms with Crippen molar-refractivity contribution >= 4 is 11.6 Å². The fraction of sp³-hybridized carbons (Fsp3) is 0.429. The molecule has 0 fully saturated rings. The first-order valence-corrected chi connectivity index (χ1v) is 7.11. The van der Waals surface area contributed by atoms with Gasteiger partial charge in [-0.15, -0.1) is 10.2 Å². The summed E-state index contributed by atoms with van der Waals surface area (Å²) in [4.78, 5) is 0. The summed E-state index contributed by atoms with van der Waals surface area (Å²) in [6.45, 7) is 5.85. The minimum absolute atomic E-state index is 0.167. The Morgan fingerprint density at radius 1 is 1.45 bits per heavy atom. The van der Waals surface area contributed by atoms with E-state index in [1.165, 1.54) is 0 Å². The van der Waals surface area contributed by atoms with Crippen molar-refractivity contribution in [2.75, 3.05) is 6.54 Å². The minimum atomic E-state index is -0.167. The second-order valence-electron chi connectivity index (χ2n) is 4.96. The molecular formula is C14H17ClN4O. The van der Waals surface area contributed by atoms with Gasteiger partial charge in [0.2, 0.25) is 0 Å². The van der Waals surface area contributed by atoms with Gasteiger partial charge in [0.1, 0.15) is 11.6 Å². The van der Waals surface area contributed by atoms with Gasteiger partial charge in [0, 0.05) is 18.1 Å². The monoisotopic (exact) mass is 292 g/mol. The summed E-state index contributed by atoms with van der Waals surface area (Å²) < 4.78 is 8.05. The van der Waals surface area contributed by atoms with Gasteiger partial charge in [-0.1, -0.05) is 17.7 Å². The molecule has 1 aliphatic rings. The average molecular weight is 293 g/mol. The third kappa shape index (κ3) is 2.51. The molecule has 20 heavy (non-hydrogen) atoms. The van der Waals surface area contributed by atoms with Crippen LogP contribution in [0.4, 0.5) is 0 Å². The number of hydrogen-bond acceptors (Lipinski definition) is 4. The standard InChI is InChI=1S/C14H17ClN4O/c1-9-13-17-18-14(19(13)7-6-16-9)10(2)20-12-5-3-4-11(15)8-12/h3-5,8-10,16H,6-7H2,1-2H3. The summed E-state index contributed by atoms with van der Waals surface area (Å²) in [5.41, 5.74) is 0. The first kappa shape index (κ1) is 13.4. The summed E-state index contributed by atoms with van der Waals surface area (Å²) in [7, 11) is 0. The van der Waals surface area contributed by atoms with Gasteiger partial charge in [0.15, 0.2) is 11.9 Å². The molecular weight excluding hydrogens is 276 g/mol. The average Bonchev–Trinajstić information content (AvgIpc) is 2.84. The molecule has 0 amide bonds. The predicted molar refractivity (Wildman–Crippen MR) is 76.9 cm³/mol. The number of ether oxygens (including phenoxy) is 1. The van der Waals surface area contributed by atoms with Gasteiger partial charge in [-0.2, -0.15) is 0 Å². The molecule has 2 aromatic rings. The van der Waals surface area contributed by atoms with Gasteiger partial charge in [0.05, 0.1) is 6.04 Å². The van der Waals surface area contributed by atoms with Crippen molar-refractivity contribution in [3.8, 4) is 5.75 Å². The first-order valence-electron chi connectivity index (χ1n) is 6.74. The number of nitrogens with zero attached hydrogens (tertiary/aromatic N) is 3. The smallest absolute Gasteiger partial charge is 0.174 e. The van der Waals surface area contributed by atoms with Crippen LogP contribution in [0.5, 0.6) is 5.75 Å². The van der Waals surface area contributed by atoms with Gasteiger partial charge in [0.25, 0.3) is 0 Å². The SMILES string of the molecule is CC1NCCn2c1nnc2C(C)Oc1cccc(Cl)c1. The molecule has 1 aromatic heterocycles. The summed E-state index contributed by atoms with van der Waals surface area (Å²) in [5, 5.41) is 12.6. The highest BCUT2D eigenvalue weighted by atomic mass is 35.5. The van der Waals surface area contributed by atoms with E-state index in [1.807, 2.05) is 25.1 Å². The van der Waals surface area contributed by atoms with Gasteiger partial charge in [-0.05, 0) is 32.0 Å². The zero-order chi connectivity index (χ0) is 14.1. The van der Waals surface area contributed by atoms with Crippen LogP contribution in [-0.2, 0) is 6.54 Å². The molecule has 0 radical (unpaired) electrons. The van der Waals surface area contributed by atoms with E-state index in [9.17, 15) is 0 Å². The van der Waals surface area contributed by atoms with E-state index in [2.05, 4.69) is 27.0 Å². The third-order valence-corrected chi connectivity index (χ3v) is 3.69. The number of fused-ring (bicyclic) bond motifs is 1. The molecule has 0 saturated heterocycles. The second kappa shape index (κ2) is 5.42. The number of nitrogens with one attached hydrogen (secondary N) is 1. The first-order chi connectivity index (χ1) is 9.65. The molecule has 0 spiro atoms. The molecule has 2 unspecified atom stereocenters. The number of hydrogen-bond donors (Lipinski definition) is 1. The number of rotatable bonds is 3. The fourth-order valence-corrected chi connectivity index (χ4v) is 2.64. The van der Waals surface area contributed by atoms with Crippen LogP contribution >= 0.6 is 11.6 Å². The van der Waals surface area contributed by atoms with Gasteiger partial charge in [-0.3, -0.25) is 0 Å². The summed E-state index contributed by atoms with van der Waals surface area (Å²) in [6, 6.07) is 7.61. The summed E-state index contributed by atoms with van der Waals surface area (Å²) >= 11 is 5.97. The molecule has 0 aliphatic carbocycles. The van der Waals surface area contributed by atoms with Crippen LogP contribution in [0.15, 0.2) is 24.3 Å². The molecule has 3 rings (SSSR count). The highest BCUT2D eigenvalue weighted by Crippen LogP contribution is 2.25. The van der Waals surface area contributed by atoms with Gasteiger partial charge < -0.3 is 14.6 Å². The maximum atomic E-state index is 5.97. The number of benzene rings is 1. The van der Waals surface area contributed by atoms with E-state index in [1.54, 1.807) is 6.07 Å². The molecule has 0 saturated carbocycles. The van der Waals surface area contributed by atoms with Crippen molar-refractivity contribution in [1.29, 1.82) is 0 Å². The van der Waals surface area contributed by atoms with Crippen molar-refractivity contribution in [1.82, 2.24) is 20.1 Å². The van der Waals surface area contributed by atoms with Crippen molar-refractivity contribution in [3.63, 3.8) is 0 Å². The fourth-order valence-electron chi connectivity index (χ4n) is 2.46. The molecule has 106 valence electrons. The van der Waals surface area contributed by atoms with E-state index in [-0.39, 0.29) is 12.1 Å². The van der Waals surface area contributed by atoms with E-state index in [0.29, 0.717) is 5.02 Å². The highest BCUT2D eigenvalue weighted by molar-refractivity contribution is 6.30. The number of aromatic nitrogens is 3. The molecule has 0 bridgehead atoms. The van der Waals surface area contributed by atoms with Crippen LogP contribution in [0, 0.1) is 0 Å². The molecule has 6 heteroatoms. The minimum Gasteiger partial charge on any atom is -0.483 e. The van der Waals surface area contributed by atoms with Crippen molar-refractivity contribution in [2.24, 2.45) is 0 Å². The lowest BCUT2D eigenvalue weighted by Crippen LogP contribution is -2.33. The molecule has 2 atom stereocenters. The van der Waals surface area contributed by atoms with Crippen molar-refractivity contribution in [3.05, 3.63) is 40.9 Å². The van der Waals surface area contributed by atoms with Crippen LogP contribution in [0.25, 0.3) is 0 Å². The summed E-state index contributed by atoms with van der Waals surface area (Å²) in [6.07, 6.45) is -0.167. The van der Waals surface area contributed by atoms with E-state index < -0.39 is 0 Å². The van der Waals surface area contributed by atoms with E-state index in [4.69, 9.17) is 16.3 Å². The quantitative estimate of drug-likeness (QED) is 0.945. The Labute approximate surface area is 122 Å². The van der Waals surface area contributed by atoms with Crippen LogP contribution in [0.3, 0.4) is 0 Å². The molecule has 2 heterocycles. The van der Waals surface area contributed by atoms with Crippen LogP contribution < -0.4 is 10.1 Å². The van der Waals surface area contributed by atoms with E-state index in [0.717, 1.165) is 30.5 Å². The Bertz CT molecular complexity index is 613. The maximum Gasteiger partial charge on any atom is 0.174 e. The maximum absolute atomic E-state index is 5.97. The van der Waals surface area contributed by atoms with Crippen LogP contribution in [0.2, 0.25) is 5.02 Å². The second-order valence-corrected chi connectivity index (χ2v) is 5.40. The Kier molecular flexibility index (Phi) is 3.63. The largest absolute Gasteiger partial charge is 0.483 e. The normalized spacial score (nSPS) is 19.4. The third-order valence-electron chi connectivity index (χ3n) is 3.45. The Hall–Kier alpha value is -1.59. The Balaban J connectivity index is 1.83. The van der Waals surface area contributed by atoms with Crippen molar-refractivity contribution in [2.45, 2.75) is 32.5 Å². The van der Waals surface area contributed by atoms with Gasteiger partial charge >= 0.3 is 0 Å². The molecule has 1 aromatic carbocycles.